The predicted octanol–water partition coefficient (Wildman–Crippen LogP) is 4.26. The van der Waals surface area contributed by atoms with Gasteiger partial charge in [-0.15, -0.1) is 0 Å². The normalized spacial score (nSPS) is 14.4. The molecular weight excluding hydrogens is 370 g/mol. The number of nitro groups is 1. The molecule has 2 aromatic rings. The summed E-state index contributed by atoms with van der Waals surface area (Å²) in [5, 5.41) is 13.5. The van der Waals surface area contributed by atoms with Crippen molar-refractivity contribution in [2.24, 2.45) is 0 Å². The largest absolute Gasteiger partial charge is 0.339 e. The number of benzene rings is 2. The van der Waals surface area contributed by atoms with Crippen molar-refractivity contribution in [1.82, 2.24) is 4.90 Å². The molecule has 7 nitrogen and oxygen atoms in total. The van der Waals surface area contributed by atoms with Gasteiger partial charge in [-0.25, -0.2) is 0 Å². The third-order valence-corrected chi connectivity index (χ3v) is 4.84. The first-order chi connectivity index (χ1) is 14.0. The zero-order chi connectivity index (χ0) is 20.6. The molecule has 0 radical (unpaired) electrons. The van der Waals surface area contributed by atoms with Crippen LogP contribution in [-0.2, 0) is 4.79 Å². The second-order valence-corrected chi connectivity index (χ2v) is 6.92. The lowest BCUT2D eigenvalue weighted by molar-refractivity contribution is -0.384. The first-order valence-electron chi connectivity index (χ1n) is 9.66. The number of amides is 2. The molecule has 1 saturated heterocycles. The number of hydrogen-bond acceptors (Lipinski definition) is 4. The molecule has 0 aromatic heterocycles. The highest BCUT2D eigenvalue weighted by atomic mass is 16.6. The number of rotatable bonds is 5. The molecular formula is C22H23N3O4. The molecule has 7 heteroatoms. The number of carbonyl (C=O) groups excluding carboxylic acids is 2. The van der Waals surface area contributed by atoms with E-state index in [1.165, 1.54) is 18.2 Å². The van der Waals surface area contributed by atoms with Crippen LogP contribution in [0.15, 0.2) is 54.6 Å². The van der Waals surface area contributed by atoms with E-state index in [0.29, 0.717) is 16.8 Å². The number of nitrogens with one attached hydrogen (secondary N) is 1. The van der Waals surface area contributed by atoms with Gasteiger partial charge in [-0.05, 0) is 48.7 Å². The number of carbonyl (C=O) groups is 2. The zero-order valence-corrected chi connectivity index (χ0v) is 16.0. The lowest BCUT2D eigenvalue weighted by Gasteiger charge is -2.21. The summed E-state index contributed by atoms with van der Waals surface area (Å²) in [6, 6.07) is 12.9. The van der Waals surface area contributed by atoms with Gasteiger partial charge >= 0.3 is 0 Å². The molecule has 1 aliphatic heterocycles. The lowest BCUT2D eigenvalue weighted by atomic mass is 10.1. The van der Waals surface area contributed by atoms with Crippen LogP contribution in [0.1, 0.15) is 41.6 Å². The van der Waals surface area contributed by atoms with Crippen molar-refractivity contribution in [2.75, 3.05) is 18.4 Å². The van der Waals surface area contributed by atoms with Crippen LogP contribution in [-0.4, -0.2) is 34.7 Å². The number of non-ortho nitro benzene ring substituents is 1. The molecule has 1 N–H and O–H groups in total. The molecule has 0 aliphatic carbocycles. The van der Waals surface area contributed by atoms with Crippen LogP contribution in [0.4, 0.5) is 11.4 Å². The first kappa shape index (κ1) is 20.3. The van der Waals surface area contributed by atoms with E-state index in [1.807, 2.05) is 4.90 Å². The molecule has 1 aliphatic rings. The summed E-state index contributed by atoms with van der Waals surface area (Å²) in [6.07, 6.45) is 7.17. The zero-order valence-electron chi connectivity index (χ0n) is 16.0. The van der Waals surface area contributed by atoms with Crippen molar-refractivity contribution < 1.29 is 14.5 Å². The SMILES string of the molecule is O=C(/C=C/c1ccc([N+](=O)[O-])cc1)Nc1ccccc1C(=O)N1CCCCCC1. The number of hydrogen-bond donors (Lipinski definition) is 1. The molecule has 0 unspecified atom stereocenters. The van der Waals surface area contributed by atoms with Gasteiger partial charge in [0, 0.05) is 31.3 Å². The number of nitrogens with zero attached hydrogens (tertiary/aromatic N) is 2. The maximum absolute atomic E-state index is 12.9. The van der Waals surface area contributed by atoms with Crippen LogP contribution in [0, 0.1) is 10.1 Å². The smallest absolute Gasteiger partial charge is 0.269 e. The van der Waals surface area contributed by atoms with Gasteiger partial charge in [0.1, 0.15) is 0 Å². The summed E-state index contributed by atoms with van der Waals surface area (Å²) in [6.45, 7) is 1.47. The predicted molar refractivity (Wildman–Crippen MR) is 112 cm³/mol. The molecule has 2 amide bonds. The van der Waals surface area contributed by atoms with E-state index < -0.39 is 4.92 Å². The molecule has 0 atom stereocenters. The van der Waals surface area contributed by atoms with E-state index >= 15 is 0 Å². The Bertz CT molecular complexity index is 914. The summed E-state index contributed by atoms with van der Waals surface area (Å²) in [5.74, 6) is -0.443. The third-order valence-electron chi connectivity index (χ3n) is 4.84. The van der Waals surface area contributed by atoms with Crippen LogP contribution < -0.4 is 5.32 Å². The van der Waals surface area contributed by atoms with E-state index in [2.05, 4.69) is 5.32 Å². The van der Waals surface area contributed by atoms with Gasteiger partial charge in [0.05, 0.1) is 16.2 Å². The molecule has 0 spiro atoms. The highest BCUT2D eigenvalue weighted by molar-refractivity contribution is 6.07. The Kier molecular flexibility index (Phi) is 6.73. The monoisotopic (exact) mass is 393 g/mol. The minimum Gasteiger partial charge on any atom is -0.339 e. The second-order valence-electron chi connectivity index (χ2n) is 6.92. The highest BCUT2D eigenvalue weighted by Crippen LogP contribution is 2.20. The maximum atomic E-state index is 12.9. The van der Waals surface area contributed by atoms with Crippen LogP contribution in [0.2, 0.25) is 0 Å². The first-order valence-corrected chi connectivity index (χ1v) is 9.66. The van der Waals surface area contributed by atoms with Crippen molar-refractivity contribution in [2.45, 2.75) is 25.7 Å². The Balaban J connectivity index is 1.68. The van der Waals surface area contributed by atoms with Crippen molar-refractivity contribution in [3.63, 3.8) is 0 Å². The Morgan fingerprint density at radius 2 is 1.62 bits per heavy atom. The van der Waals surface area contributed by atoms with E-state index in [9.17, 15) is 19.7 Å². The van der Waals surface area contributed by atoms with Crippen molar-refractivity contribution in [3.05, 3.63) is 75.8 Å². The molecule has 1 fully saturated rings. The summed E-state index contributed by atoms with van der Waals surface area (Å²) in [5.41, 5.74) is 1.61. The fourth-order valence-corrected chi connectivity index (χ4v) is 3.28. The minimum absolute atomic E-state index is 0.00689. The topological polar surface area (TPSA) is 92.5 Å². The van der Waals surface area contributed by atoms with Gasteiger partial charge in [-0.1, -0.05) is 25.0 Å². The second kappa shape index (κ2) is 9.64. The molecule has 150 valence electrons. The number of nitro benzene ring substituents is 1. The average molecular weight is 393 g/mol. The molecule has 0 bridgehead atoms. The number of para-hydroxylation sites is 1. The van der Waals surface area contributed by atoms with Crippen molar-refractivity contribution in [3.8, 4) is 0 Å². The molecule has 1 heterocycles. The van der Waals surface area contributed by atoms with Crippen LogP contribution >= 0.6 is 0 Å². The molecule has 3 rings (SSSR count). The van der Waals surface area contributed by atoms with E-state index in [1.54, 1.807) is 42.5 Å². The fourth-order valence-electron chi connectivity index (χ4n) is 3.28. The average Bonchev–Trinajstić information content (AvgIpc) is 3.02. The quantitative estimate of drug-likeness (QED) is 0.467. The number of likely N-dealkylation sites (tertiary alicyclic amines) is 1. The van der Waals surface area contributed by atoms with Gasteiger partial charge in [-0.3, -0.25) is 19.7 Å². The Labute approximate surface area is 169 Å². The van der Waals surface area contributed by atoms with Gasteiger partial charge in [-0.2, -0.15) is 0 Å². The Morgan fingerprint density at radius 3 is 2.28 bits per heavy atom. The van der Waals surface area contributed by atoms with Crippen LogP contribution in [0.3, 0.4) is 0 Å². The Morgan fingerprint density at radius 1 is 0.966 bits per heavy atom. The van der Waals surface area contributed by atoms with Crippen LogP contribution in [0.5, 0.6) is 0 Å². The standard InChI is InChI=1S/C22H23N3O4/c26-21(14-11-17-9-12-18(13-10-17)25(28)29)23-20-8-4-3-7-19(20)22(27)24-15-5-1-2-6-16-24/h3-4,7-14H,1-2,5-6,15-16H2,(H,23,26)/b14-11+. The van der Waals surface area contributed by atoms with Crippen molar-refractivity contribution >= 4 is 29.3 Å². The highest BCUT2D eigenvalue weighted by Gasteiger charge is 2.20. The van der Waals surface area contributed by atoms with Gasteiger partial charge in [0.15, 0.2) is 0 Å². The summed E-state index contributed by atoms with van der Waals surface area (Å²) < 4.78 is 0. The molecule has 2 aromatic carbocycles. The molecule has 29 heavy (non-hydrogen) atoms. The minimum atomic E-state index is -0.474. The lowest BCUT2D eigenvalue weighted by Crippen LogP contribution is -2.32. The van der Waals surface area contributed by atoms with Gasteiger partial charge in [0.2, 0.25) is 5.91 Å². The summed E-state index contributed by atoms with van der Waals surface area (Å²) in [4.78, 5) is 37.3. The number of anilines is 1. The van der Waals surface area contributed by atoms with Crippen LogP contribution in [0.25, 0.3) is 6.08 Å². The fraction of sp³-hybridized carbons (Fsp3) is 0.273. The Hall–Kier alpha value is -3.48. The summed E-state index contributed by atoms with van der Waals surface area (Å²) in [7, 11) is 0. The van der Waals surface area contributed by atoms with Gasteiger partial charge < -0.3 is 10.2 Å². The van der Waals surface area contributed by atoms with E-state index in [-0.39, 0.29) is 17.5 Å². The third kappa shape index (κ3) is 5.51. The van der Waals surface area contributed by atoms with Gasteiger partial charge in [0.25, 0.3) is 11.6 Å². The van der Waals surface area contributed by atoms with Crippen molar-refractivity contribution in [1.29, 1.82) is 0 Å². The van der Waals surface area contributed by atoms with E-state index in [0.717, 1.165) is 38.8 Å². The maximum Gasteiger partial charge on any atom is 0.269 e. The molecule has 0 saturated carbocycles. The van der Waals surface area contributed by atoms with E-state index in [4.69, 9.17) is 0 Å². The summed E-state index contributed by atoms with van der Waals surface area (Å²) >= 11 is 0.